The van der Waals surface area contributed by atoms with Crippen LogP contribution in [0.5, 0.6) is 11.5 Å². The molecule has 0 radical (unpaired) electrons. The van der Waals surface area contributed by atoms with Gasteiger partial charge in [-0.15, -0.1) is 11.8 Å². The first-order valence-corrected chi connectivity index (χ1v) is 11.5. The van der Waals surface area contributed by atoms with Gasteiger partial charge >= 0.3 is 11.9 Å². The average Bonchev–Trinajstić information content (AvgIpc) is 3.33. The van der Waals surface area contributed by atoms with Crippen LogP contribution in [0.4, 0.5) is 0 Å². The minimum absolute atomic E-state index is 0.0137. The lowest BCUT2D eigenvalue weighted by molar-refractivity contribution is -0.149. The molecule has 184 valence electrons. The Morgan fingerprint density at radius 1 is 1.17 bits per heavy atom. The van der Waals surface area contributed by atoms with Gasteiger partial charge in [-0.3, -0.25) is 19.3 Å². The number of β-lactam (4-membered cyclic amide) rings is 1. The molecule has 1 aromatic heterocycles. The fourth-order valence-corrected chi connectivity index (χ4v) is 4.99. The van der Waals surface area contributed by atoms with Gasteiger partial charge in [-0.1, -0.05) is 12.1 Å². The van der Waals surface area contributed by atoms with Gasteiger partial charge in [-0.05, 0) is 24.3 Å². The average molecular weight is 503 g/mol. The normalized spacial score (nSPS) is 18.9. The third-order valence-electron chi connectivity index (χ3n) is 5.31. The number of carbonyl (C=O) groups excluding carboxylic acids is 3. The highest BCUT2D eigenvalue weighted by Gasteiger charge is 2.54. The molecule has 0 aliphatic carbocycles. The Hall–Kier alpha value is -3.93. The predicted octanol–water partition coefficient (Wildman–Crippen LogP) is 1.78. The second-order valence-corrected chi connectivity index (χ2v) is 8.71. The third-order valence-corrected chi connectivity index (χ3v) is 6.65. The van der Waals surface area contributed by atoms with Crippen molar-refractivity contribution in [3.05, 3.63) is 59.2 Å². The Bertz CT molecular complexity index is 1210. The molecule has 0 unspecified atom stereocenters. The summed E-state index contributed by atoms with van der Waals surface area (Å²) < 4.78 is 21.4. The van der Waals surface area contributed by atoms with Crippen molar-refractivity contribution in [3.63, 3.8) is 0 Å². The molecule has 0 bridgehead atoms. The maximum atomic E-state index is 12.7. The summed E-state index contributed by atoms with van der Waals surface area (Å²) in [6.07, 6.45) is 0. The molecule has 3 heterocycles. The molecule has 2 aromatic rings. The number of thioether (sulfide) groups is 1. The topological polar surface area (TPSA) is 145 Å². The summed E-state index contributed by atoms with van der Waals surface area (Å²) in [5.41, 5.74) is 0.0945. The number of carboxylic acid groups (broad SMARTS) is 1. The standard InChI is InChI=1S/C23H22N2O9S/c1-12(26)32-9-13-11-35-22-18(21(28)25(22)19(13)23(29)30)24-20(27)17-8-7-14(34-17)10-33-16-6-4-3-5-15(16)31-2/h3-8,18,22H,9-11H2,1-2H3,(H,24,27)(H,29,30)/t18-,22+/m1/s1. The number of amides is 2. The molecule has 0 saturated carbocycles. The van der Waals surface area contributed by atoms with E-state index in [4.69, 9.17) is 18.6 Å². The Kier molecular flexibility index (Phi) is 7.01. The first kappa shape index (κ1) is 24.2. The van der Waals surface area contributed by atoms with Gasteiger partial charge in [0.1, 0.15) is 36.1 Å². The second-order valence-electron chi connectivity index (χ2n) is 7.60. The predicted molar refractivity (Wildman–Crippen MR) is 122 cm³/mol. The second kappa shape index (κ2) is 10.1. The number of fused-ring (bicyclic) bond motifs is 1. The van der Waals surface area contributed by atoms with Crippen LogP contribution in [-0.4, -0.2) is 64.6 Å². The number of aliphatic carboxylic acids is 1. The summed E-state index contributed by atoms with van der Waals surface area (Å²) in [7, 11) is 1.53. The molecular formula is C23H22N2O9S. The van der Waals surface area contributed by atoms with Crippen LogP contribution in [0.2, 0.25) is 0 Å². The van der Waals surface area contributed by atoms with Gasteiger partial charge in [0.2, 0.25) is 0 Å². The van der Waals surface area contributed by atoms with Gasteiger partial charge in [0.05, 0.1) is 7.11 Å². The molecule has 0 spiro atoms. The van der Waals surface area contributed by atoms with Crippen LogP contribution >= 0.6 is 11.8 Å². The molecule has 1 fully saturated rings. The summed E-state index contributed by atoms with van der Waals surface area (Å²) in [6.45, 7) is 1.05. The minimum atomic E-state index is -1.30. The highest BCUT2D eigenvalue weighted by molar-refractivity contribution is 8.00. The van der Waals surface area contributed by atoms with Crippen molar-refractivity contribution in [1.29, 1.82) is 0 Å². The number of rotatable bonds is 9. The molecule has 12 heteroatoms. The number of hydrogen-bond acceptors (Lipinski definition) is 9. The van der Waals surface area contributed by atoms with Gasteiger partial charge in [-0.2, -0.15) is 0 Å². The highest BCUT2D eigenvalue weighted by Crippen LogP contribution is 2.40. The zero-order valence-electron chi connectivity index (χ0n) is 18.8. The molecule has 2 amide bonds. The third kappa shape index (κ3) is 4.97. The van der Waals surface area contributed by atoms with Crippen LogP contribution in [-0.2, 0) is 25.7 Å². The van der Waals surface area contributed by atoms with Crippen molar-refractivity contribution in [2.45, 2.75) is 24.9 Å². The van der Waals surface area contributed by atoms with Crippen molar-refractivity contribution in [2.75, 3.05) is 19.5 Å². The molecule has 11 nitrogen and oxygen atoms in total. The molecule has 4 rings (SSSR count). The van der Waals surface area contributed by atoms with Crippen molar-refractivity contribution in [3.8, 4) is 11.5 Å². The van der Waals surface area contributed by atoms with E-state index in [0.29, 0.717) is 22.8 Å². The van der Waals surface area contributed by atoms with E-state index in [1.54, 1.807) is 24.3 Å². The molecule has 2 aliphatic heterocycles. The van der Waals surface area contributed by atoms with Crippen LogP contribution in [0.15, 0.2) is 52.1 Å². The first-order valence-electron chi connectivity index (χ1n) is 10.5. The van der Waals surface area contributed by atoms with Crippen LogP contribution in [0, 0.1) is 0 Å². The fourth-order valence-electron chi connectivity index (χ4n) is 3.66. The summed E-state index contributed by atoms with van der Waals surface area (Å²) in [5, 5.41) is 11.6. The number of benzene rings is 1. The van der Waals surface area contributed by atoms with Gasteiger partial charge in [0.25, 0.3) is 11.8 Å². The summed E-state index contributed by atoms with van der Waals surface area (Å²) in [6, 6.07) is 9.23. The fraction of sp³-hybridized carbons (Fsp3) is 0.304. The molecular weight excluding hydrogens is 480 g/mol. The monoisotopic (exact) mass is 502 g/mol. The van der Waals surface area contributed by atoms with E-state index in [2.05, 4.69) is 5.32 Å². The number of methoxy groups -OCH3 is 1. The van der Waals surface area contributed by atoms with Gasteiger partial charge < -0.3 is 29.1 Å². The smallest absolute Gasteiger partial charge is 0.352 e. The van der Waals surface area contributed by atoms with Crippen molar-refractivity contribution in [2.24, 2.45) is 0 Å². The lowest BCUT2D eigenvalue weighted by atomic mass is 10.0. The number of para-hydroxylation sites is 2. The maximum absolute atomic E-state index is 12.7. The van der Waals surface area contributed by atoms with Crippen LogP contribution < -0.4 is 14.8 Å². The van der Waals surface area contributed by atoms with Crippen LogP contribution in [0.1, 0.15) is 23.2 Å². The summed E-state index contributed by atoms with van der Waals surface area (Å²) in [4.78, 5) is 49.4. The van der Waals surface area contributed by atoms with Crippen molar-refractivity contribution < 1.29 is 42.9 Å². The van der Waals surface area contributed by atoms with Crippen molar-refractivity contribution >= 4 is 35.5 Å². The van der Waals surface area contributed by atoms with Crippen LogP contribution in [0.3, 0.4) is 0 Å². The largest absolute Gasteiger partial charge is 0.493 e. The molecule has 1 aromatic carbocycles. The van der Waals surface area contributed by atoms with Gasteiger partial charge in [0, 0.05) is 18.2 Å². The number of hydrogen-bond donors (Lipinski definition) is 2. The number of furan rings is 1. The Morgan fingerprint density at radius 2 is 1.91 bits per heavy atom. The number of carboxylic acids is 1. The van der Waals surface area contributed by atoms with E-state index >= 15 is 0 Å². The minimum Gasteiger partial charge on any atom is -0.493 e. The van der Waals surface area contributed by atoms with E-state index in [-0.39, 0.29) is 30.4 Å². The Labute approximate surface area is 204 Å². The van der Waals surface area contributed by atoms with Gasteiger partial charge in [-0.25, -0.2) is 4.79 Å². The number of esters is 1. The van der Waals surface area contributed by atoms with E-state index in [1.165, 1.54) is 31.9 Å². The quantitative estimate of drug-likeness (QED) is 0.384. The van der Waals surface area contributed by atoms with E-state index in [9.17, 15) is 24.3 Å². The lowest BCUT2D eigenvalue weighted by Gasteiger charge is -2.49. The van der Waals surface area contributed by atoms with E-state index < -0.39 is 35.2 Å². The zero-order chi connectivity index (χ0) is 25.1. The number of ether oxygens (including phenoxy) is 3. The molecule has 2 atom stereocenters. The Morgan fingerprint density at radius 3 is 2.60 bits per heavy atom. The summed E-state index contributed by atoms with van der Waals surface area (Å²) in [5.74, 6) is -1.36. The van der Waals surface area contributed by atoms with E-state index in [0.717, 1.165) is 4.90 Å². The molecule has 2 N–H and O–H groups in total. The number of carbonyl (C=O) groups is 4. The summed E-state index contributed by atoms with van der Waals surface area (Å²) >= 11 is 1.27. The number of nitrogens with one attached hydrogen (secondary N) is 1. The number of nitrogens with zero attached hydrogens (tertiary/aromatic N) is 1. The lowest BCUT2D eigenvalue weighted by Crippen LogP contribution is -2.70. The SMILES string of the molecule is COc1ccccc1OCc1ccc(C(=O)N[C@@H]2C(=O)N3C(C(=O)O)=C(COC(C)=O)CS[C@@H]23)o1. The Balaban J connectivity index is 1.38. The molecule has 2 aliphatic rings. The molecule has 35 heavy (non-hydrogen) atoms. The van der Waals surface area contributed by atoms with Crippen LogP contribution in [0.25, 0.3) is 0 Å². The zero-order valence-corrected chi connectivity index (χ0v) is 19.6. The van der Waals surface area contributed by atoms with Crippen molar-refractivity contribution in [1.82, 2.24) is 10.2 Å². The molecule has 1 saturated heterocycles. The highest BCUT2D eigenvalue weighted by atomic mass is 32.2. The first-order chi connectivity index (χ1) is 16.8. The maximum Gasteiger partial charge on any atom is 0.352 e. The van der Waals surface area contributed by atoms with E-state index in [1.807, 2.05) is 6.07 Å². The van der Waals surface area contributed by atoms with Gasteiger partial charge in [0.15, 0.2) is 17.3 Å².